The van der Waals surface area contributed by atoms with Crippen LogP contribution in [0.4, 0.5) is 0 Å². The fourth-order valence-electron chi connectivity index (χ4n) is 2.12. The molecule has 0 amide bonds. The Hall–Kier alpha value is -2.06. The van der Waals surface area contributed by atoms with E-state index in [2.05, 4.69) is 30.9 Å². The lowest BCUT2D eigenvalue weighted by molar-refractivity contribution is 0.0605. The Kier molecular flexibility index (Phi) is 4.27. The number of methoxy groups -OCH3 is 1. The summed E-state index contributed by atoms with van der Waals surface area (Å²) < 4.78 is 11.5. The van der Waals surface area contributed by atoms with Crippen molar-refractivity contribution in [1.82, 2.24) is 15.0 Å². The standard InChI is InChI=1S/C15H12BrN3O3S/c1-7-11-13(22-10-4-9(16)5-17-6-10)18-8(2)19-14(11)23-12(7)15(20)21-3/h4-6H,1-3H3. The Morgan fingerprint density at radius 2 is 2.04 bits per heavy atom. The Morgan fingerprint density at radius 1 is 1.26 bits per heavy atom. The molecule has 3 aromatic rings. The van der Waals surface area contributed by atoms with Crippen LogP contribution in [0.3, 0.4) is 0 Å². The quantitative estimate of drug-likeness (QED) is 0.624. The summed E-state index contributed by atoms with van der Waals surface area (Å²) in [5.41, 5.74) is 0.745. The molecule has 0 saturated carbocycles. The maximum atomic E-state index is 11.9. The van der Waals surface area contributed by atoms with Crippen LogP contribution in [0.2, 0.25) is 0 Å². The number of carbonyl (C=O) groups is 1. The number of fused-ring (bicyclic) bond motifs is 1. The molecule has 0 atom stereocenters. The second-order valence-electron chi connectivity index (χ2n) is 4.74. The van der Waals surface area contributed by atoms with Gasteiger partial charge in [-0.15, -0.1) is 11.3 Å². The Balaban J connectivity index is 2.16. The lowest BCUT2D eigenvalue weighted by atomic mass is 10.2. The van der Waals surface area contributed by atoms with Crippen LogP contribution in [0, 0.1) is 13.8 Å². The van der Waals surface area contributed by atoms with Crippen molar-refractivity contribution in [1.29, 1.82) is 0 Å². The highest BCUT2D eigenvalue weighted by molar-refractivity contribution is 9.10. The monoisotopic (exact) mass is 393 g/mol. The average molecular weight is 394 g/mol. The largest absolute Gasteiger partial charge is 0.465 e. The minimum Gasteiger partial charge on any atom is -0.465 e. The molecule has 23 heavy (non-hydrogen) atoms. The number of aryl methyl sites for hydroxylation is 2. The van der Waals surface area contributed by atoms with Crippen LogP contribution in [0.15, 0.2) is 22.9 Å². The van der Waals surface area contributed by atoms with E-state index in [4.69, 9.17) is 9.47 Å². The molecule has 0 unspecified atom stereocenters. The molecule has 3 heterocycles. The van der Waals surface area contributed by atoms with Crippen molar-refractivity contribution in [2.24, 2.45) is 0 Å². The van der Waals surface area contributed by atoms with Crippen LogP contribution in [0.1, 0.15) is 21.1 Å². The normalized spacial score (nSPS) is 10.8. The summed E-state index contributed by atoms with van der Waals surface area (Å²) in [6.07, 6.45) is 3.26. The highest BCUT2D eigenvalue weighted by atomic mass is 79.9. The van der Waals surface area contributed by atoms with Crippen LogP contribution >= 0.6 is 27.3 Å². The first-order valence-electron chi connectivity index (χ1n) is 6.64. The zero-order chi connectivity index (χ0) is 16.6. The summed E-state index contributed by atoms with van der Waals surface area (Å²) in [7, 11) is 1.35. The molecule has 0 saturated heterocycles. The molecular weight excluding hydrogens is 382 g/mol. The van der Waals surface area contributed by atoms with Gasteiger partial charge in [0.1, 0.15) is 21.3 Å². The number of nitrogens with zero attached hydrogens (tertiary/aromatic N) is 3. The van der Waals surface area contributed by atoms with E-state index in [-0.39, 0.29) is 0 Å². The molecule has 0 aromatic carbocycles. The summed E-state index contributed by atoms with van der Waals surface area (Å²) >= 11 is 4.62. The first-order chi connectivity index (χ1) is 11.0. The van der Waals surface area contributed by atoms with Gasteiger partial charge in [0.05, 0.1) is 18.7 Å². The number of rotatable bonds is 3. The van der Waals surface area contributed by atoms with Gasteiger partial charge in [0, 0.05) is 10.7 Å². The maximum Gasteiger partial charge on any atom is 0.348 e. The van der Waals surface area contributed by atoms with Crippen molar-refractivity contribution >= 4 is 43.5 Å². The molecule has 3 rings (SSSR count). The number of carbonyl (C=O) groups excluding carboxylic acids is 1. The molecule has 0 aliphatic rings. The van der Waals surface area contributed by atoms with Crippen molar-refractivity contribution in [2.45, 2.75) is 13.8 Å². The van der Waals surface area contributed by atoms with E-state index >= 15 is 0 Å². The average Bonchev–Trinajstić information content (AvgIpc) is 2.83. The van der Waals surface area contributed by atoms with E-state index in [1.165, 1.54) is 18.4 Å². The van der Waals surface area contributed by atoms with Crippen molar-refractivity contribution in [3.63, 3.8) is 0 Å². The molecular formula is C15H12BrN3O3S. The van der Waals surface area contributed by atoms with Gasteiger partial charge in [-0.3, -0.25) is 4.98 Å². The van der Waals surface area contributed by atoms with Crippen molar-refractivity contribution < 1.29 is 14.3 Å². The Morgan fingerprint density at radius 3 is 2.74 bits per heavy atom. The molecule has 0 fully saturated rings. The number of thiophene rings is 1. The van der Waals surface area contributed by atoms with E-state index in [0.29, 0.717) is 32.5 Å². The number of hydrogen-bond acceptors (Lipinski definition) is 7. The maximum absolute atomic E-state index is 11.9. The predicted molar refractivity (Wildman–Crippen MR) is 90.2 cm³/mol. The van der Waals surface area contributed by atoms with E-state index < -0.39 is 5.97 Å². The predicted octanol–water partition coefficient (Wildman–Crippen LogP) is 4.04. The first kappa shape index (κ1) is 15.8. The molecule has 0 radical (unpaired) electrons. The Labute approximate surface area is 144 Å². The fourth-order valence-corrected chi connectivity index (χ4v) is 3.60. The fraction of sp³-hybridized carbons (Fsp3) is 0.200. The summed E-state index contributed by atoms with van der Waals surface area (Å²) in [6.45, 7) is 3.61. The van der Waals surface area contributed by atoms with Gasteiger partial charge in [0.25, 0.3) is 0 Å². The van der Waals surface area contributed by atoms with Crippen molar-refractivity contribution in [3.8, 4) is 11.6 Å². The number of hydrogen-bond donors (Lipinski definition) is 0. The molecule has 118 valence electrons. The number of aromatic nitrogens is 3. The minimum atomic E-state index is -0.391. The number of esters is 1. The second-order valence-corrected chi connectivity index (χ2v) is 6.66. The van der Waals surface area contributed by atoms with E-state index in [1.807, 2.05) is 6.92 Å². The van der Waals surface area contributed by atoms with Crippen LogP contribution in [-0.2, 0) is 4.74 Å². The van der Waals surface area contributed by atoms with Crippen molar-refractivity contribution in [2.75, 3.05) is 7.11 Å². The number of pyridine rings is 1. The first-order valence-corrected chi connectivity index (χ1v) is 8.25. The van der Waals surface area contributed by atoms with Crippen LogP contribution in [-0.4, -0.2) is 28.0 Å². The number of ether oxygens (including phenoxy) is 2. The summed E-state index contributed by atoms with van der Waals surface area (Å²) in [4.78, 5) is 25.9. The van der Waals surface area contributed by atoms with Crippen LogP contribution in [0.5, 0.6) is 11.6 Å². The van der Waals surface area contributed by atoms with E-state index in [1.54, 1.807) is 25.4 Å². The SMILES string of the molecule is COC(=O)c1sc2nc(C)nc(Oc3cncc(Br)c3)c2c1C. The molecule has 3 aromatic heterocycles. The lowest BCUT2D eigenvalue weighted by Gasteiger charge is -2.07. The van der Waals surface area contributed by atoms with Crippen molar-refractivity contribution in [3.05, 3.63) is 39.2 Å². The smallest absolute Gasteiger partial charge is 0.348 e. The van der Waals surface area contributed by atoms with Gasteiger partial charge in [-0.1, -0.05) is 0 Å². The molecule has 0 aliphatic heterocycles. The minimum absolute atomic E-state index is 0.391. The zero-order valence-corrected chi connectivity index (χ0v) is 15.0. The van der Waals surface area contributed by atoms with Gasteiger partial charge in [-0.2, -0.15) is 4.98 Å². The van der Waals surface area contributed by atoms with Gasteiger partial charge in [0.2, 0.25) is 5.88 Å². The summed E-state index contributed by atoms with van der Waals surface area (Å²) in [6, 6.07) is 1.79. The third-order valence-electron chi connectivity index (χ3n) is 3.13. The van der Waals surface area contributed by atoms with Crippen LogP contribution in [0.25, 0.3) is 10.2 Å². The Bertz CT molecular complexity index is 910. The molecule has 0 N–H and O–H groups in total. The van der Waals surface area contributed by atoms with Gasteiger partial charge in [-0.05, 0) is 41.4 Å². The highest BCUT2D eigenvalue weighted by Crippen LogP contribution is 2.37. The third-order valence-corrected chi connectivity index (χ3v) is 4.73. The molecule has 0 bridgehead atoms. The number of halogens is 1. The lowest BCUT2D eigenvalue weighted by Crippen LogP contribution is -2.00. The van der Waals surface area contributed by atoms with E-state index in [0.717, 1.165) is 10.0 Å². The van der Waals surface area contributed by atoms with Crippen LogP contribution < -0.4 is 4.74 Å². The highest BCUT2D eigenvalue weighted by Gasteiger charge is 2.21. The molecule has 8 heteroatoms. The zero-order valence-electron chi connectivity index (χ0n) is 12.6. The summed E-state index contributed by atoms with van der Waals surface area (Å²) in [5, 5.41) is 0.709. The second kappa shape index (κ2) is 6.21. The van der Waals surface area contributed by atoms with Gasteiger partial charge < -0.3 is 9.47 Å². The molecule has 0 spiro atoms. The molecule has 0 aliphatic carbocycles. The topological polar surface area (TPSA) is 74.2 Å². The third kappa shape index (κ3) is 3.04. The van der Waals surface area contributed by atoms with Gasteiger partial charge in [0.15, 0.2) is 0 Å². The van der Waals surface area contributed by atoms with E-state index in [9.17, 15) is 4.79 Å². The summed E-state index contributed by atoms with van der Waals surface area (Å²) in [5.74, 6) is 1.12. The van der Waals surface area contributed by atoms with Gasteiger partial charge in [-0.25, -0.2) is 9.78 Å². The molecule has 6 nitrogen and oxygen atoms in total. The van der Waals surface area contributed by atoms with Gasteiger partial charge >= 0.3 is 5.97 Å².